The predicted octanol–water partition coefficient (Wildman–Crippen LogP) is 3.56. The summed E-state index contributed by atoms with van der Waals surface area (Å²) in [5.41, 5.74) is 1.11. The van der Waals surface area contributed by atoms with Gasteiger partial charge in [0.05, 0.1) is 17.8 Å². The maximum atomic E-state index is 13.5. The van der Waals surface area contributed by atoms with Gasteiger partial charge in [-0.3, -0.25) is 4.99 Å². The minimum atomic E-state index is -1.41. The first-order valence-corrected chi connectivity index (χ1v) is 8.06. The number of nitrogens with zero attached hydrogens (tertiary/aromatic N) is 2. The lowest BCUT2D eigenvalue weighted by Gasteiger charge is -2.15. The number of hydrogen-bond donors (Lipinski definition) is 2. The van der Waals surface area contributed by atoms with Gasteiger partial charge in [-0.2, -0.15) is 0 Å². The molecule has 0 saturated heterocycles. The molecule has 134 valence electrons. The smallest absolute Gasteiger partial charge is 0.140 e. The van der Waals surface area contributed by atoms with Gasteiger partial charge in [0.2, 0.25) is 0 Å². The highest BCUT2D eigenvalue weighted by atomic mass is 35.5. The van der Waals surface area contributed by atoms with Gasteiger partial charge < -0.3 is 10.7 Å². The van der Waals surface area contributed by atoms with Crippen molar-refractivity contribution in [2.75, 3.05) is 13.1 Å². The van der Waals surface area contributed by atoms with E-state index in [4.69, 9.17) is 17.0 Å². The van der Waals surface area contributed by atoms with E-state index < -0.39 is 5.67 Å². The third-order valence-electron chi connectivity index (χ3n) is 3.12. The fraction of sp³-hybridized carbons (Fsp3) is 0.389. The summed E-state index contributed by atoms with van der Waals surface area (Å²) < 4.78 is 13.5. The van der Waals surface area contributed by atoms with Crippen molar-refractivity contribution in [1.82, 2.24) is 5.32 Å². The van der Waals surface area contributed by atoms with Crippen molar-refractivity contribution in [2.45, 2.75) is 33.4 Å². The summed E-state index contributed by atoms with van der Waals surface area (Å²) in [6.07, 6.45) is 6.16. The molecular weight excluding hydrogens is 343 g/mol. The quantitative estimate of drug-likeness (QED) is 0.411. The summed E-state index contributed by atoms with van der Waals surface area (Å²) in [5, 5.41) is 11.3. The Balaban J connectivity index is 2.94. The molecule has 0 aromatic rings. The van der Waals surface area contributed by atoms with Crippen LogP contribution >= 0.6 is 11.6 Å². The van der Waals surface area contributed by atoms with Crippen molar-refractivity contribution in [3.8, 4) is 0 Å². The number of carbonyl (C=O) groups excluding carboxylic acids is 1. The molecule has 0 atom stereocenters. The van der Waals surface area contributed by atoms with Gasteiger partial charge >= 0.3 is 0 Å². The molecule has 0 unspecified atom stereocenters. The molecule has 1 aliphatic heterocycles. The zero-order valence-corrected chi connectivity index (χ0v) is 15.5. The topological polar surface area (TPSA) is 77.7 Å². The molecule has 0 aromatic heterocycles. The highest BCUT2D eigenvalue weighted by Gasteiger charge is 2.16. The van der Waals surface area contributed by atoms with Crippen LogP contribution in [0.3, 0.4) is 0 Å². The van der Waals surface area contributed by atoms with Crippen LogP contribution in [0.25, 0.3) is 0 Å². The van der Waals surface area contributed by atoms with Crippen molar-refractivity contribution < 1.29 is 9.18 Å². The molecule has 25 heavy (non-hydrogen) atoms. The first kappa shape index (κ1) is 20.7. The molecule has 0 spiro atoms. The Morgan fingerprint density at radius 3 is 2.76 bits per heavy atom. The zero-order chi connectivity index (χ0) is 19.0. The first-order chi connectivity index (χ1) is 11.6. The number of nitrogens with one attached hydrogen (secondary N) is 2. The summed E-state index contributed by atoms with van der Waals surface area (Å²) in [7, 11) is 0. The van der Waals surface area contributed by atoms with Gasteiger partial charge in [-0.15, -0.1) is 0 Å². The normalized spacial score (nSPS) is 17.4. The maximum absolute atomic E-state index is 13.5. The van der Waals surface area contributed by atoms with Crippen LogP contribution in [0.4, 0.5) is 4.39 Å². The molecule has 0 aromatic carbocycles. The van der Waals surface area contributed by atoms with Crippen molar-refractivity contribution in [3.63, 3.8) is 0 Å². The van der Waals surface area contributed by atoms with E-state index in [9.17, 15) is 9.18 Å². The minimum Gasteiger partial charge on any atom is -0.384 e. The molecule has 1 rings (SSSR count). The van der Waals surface area contributed by atoms with Crippen LogP contribution in [0, 0.1) is 5.41 Å². The van der Waals surface area contributed by atoms with Crippen molar-refractivity contribution in [2.24, 2.45) is 9.98 Å². The van der Waals surface area contributed by atoms with E-state index >= 15 is 0 Å². The van der Waals surface area contributed by atoms with E-state index in [-0.39, 0.29) is 17.4 Å². The molecule has 0 bridgehead atoms. The Labute approximate surface area is 152 Å². The first-order valence-electron chi connectivity index (χ1n) is 7.69. The molecule has 2 N–H and O–H groups in total. The number of allylic oxidation sites excluding steroid dienone is 5. The van der Waals surface area contributed by atoms with Crippen molar-refractivity contribution in [3.05, 3.63) is 40.8 Å². The van der Waals surface area contributed by atoms with Gasteiger partial charge in [0.1, 0.15) is 16.8 Å². The highest BCUT2D eigenvalue weighted by Crippen LogP contribution is 2.15. The molecular formula is C18H22ClFN4O. The molecule has 1 aliphatic rings. The third-order valence-corrected chi connectivity index (χ3v) is 3.41. The van der Waals surface area contributed by atoms with Crippen molar-refractivity contribution in [1.29, 1.82) is 5.41 Å². The Morgan fingerprint density at radius 1 is 1.52 bits per heavy atom. The fourth-order valence-electron chi connectivity index (χ4n) is 1.94. The van der Waals surface area contributed by atoms with Crippen LogP contribution in [-0.2, 0) is 4.79 Å². The van der Waals surface area contributed by atoms with Crippen LogP contribution < -0.4 is 5.32 Å². The van der Waals surface area contributed by atoms with Gasteiger partial charge in [-0.25, -0.2) is 14.2 Å². The van der Waals surface area contributed by atoms with Crippen molar-refractivity contribution >= 4 is 34.6 Å². The Kier molecular flexibility index (Phi) is 7.68. The molecule has 0 aliphatic carbocycles. The van der Waals surface area contributed by atoms with E-state index in [1.807, 2.05) is 0 Å². The standard InChI is InChI=1S/C18H22ClFN4O/c1-12(10-25)7-14(8-22-11-18(3,4)20)9-24-13(2)16-15(21)5-6-23-17(16)19/h5-8,21,24H,9,11H2,1-4H3/b14-7+,16-13+,21-15?,22-8-. The minimum absolute atomic E-state index is 0.0161. The van der Waals surface area contributed by atoms with Gasteiger partial charge in [0.25, 0.3) is 0 Å². The lowest BCUT2D eigenvalue weighted by Crippen LogP contribution is -2.22. The van der Waals surface area contributed by atoms with Crippen LogP contribution in [0.1, 0.15) is 27.7 Å². The maximum Gasteiger partial charge on any atom is 0.140 e. The second-order valence-corrected chi connectivity index (χ2v) is 6.55. The highest BCUT2D eigenvalue weighted by molar-refractivity contribution is 6.73. The van der Waals surface area contributed by atoms with E-state index in [0.717, 1.165) is 0 Å². The van der Waals surface area contributed by atoms with Crippen LogP contribution in [0.2, 0.25) is 0 Å². The van der Waals surface area contributed by atoms with Crippen LogP contribution in [-0.4, -0.2) is 41.8 Å². The number of halogens is 2. The Bertz CT molecular complexity index is 733. The number of aliphatic imine (C=N–C) groups is 2. The SMILES string of the molecule is CC(=C=O)/C=C(\C=N/CC(C)(C)F)CN/C(C)=C1\C(=N)C=CN=C1Cl. The lowest BCUT2D eigenvalue weighted by atomic mass is 10.1. The van der Waals surface area contributed by atoms with Crippen LogP contribution in [0.5, 0.6) is 0 Å². The van der Waals surface area contributed by atoms with Gasteiger partial charge in [-0.1, -0.05) is 11.6 Å². The Morgan fingerprint density at radius 2 is 2.20 bits per heavy atom. The van der Waals surface area contributed by atoms with E-state index in [0.29, 0.717) is 29.0 Å². The fourth-order valence-corrected chi connectivity index (χ4v) is 2.24. The summed E-state index contributed by atoms with van der Waals surface area (Å²) in [5.74, 6) is 1.80. The third kappa shape index (κ3) is 7.42. The number of hydrogen-bond acceptors (Lipinski definition) is 5. The molecule has 0 amide bonds. The average Bonchev–Trinajstić information content (AvgIpc) is 2.50. The van der Waals surface area contributed by atoms with Gasteiger partial charge in [-0.05, 0) is 45.4 Å². The Hall–Kier alpha value is -2.30. The molecule has 0 saturated carbocycles. The van der Waals surface area contributed by atoms with Crippen LogP contribution in [0.15, 0.2) is 50.8 Å². The average molecular weight is 365 g/mol. The molecule has 7 heteroatoms. The second-order valence-electron chi connectivity index (χ2n) is 6.20. The summed E-state index contributed by atoms with van der Waals surface area (Å²) >= 11 is 6.05. The second kappa shape index (κ2) is 9.25. The molecule has 5 nitrogen and oxygen atoms in total. The largest absolute Gasteiger partial charge is 0.384 e. The number of alkyl halides is 1. The van der Waals surface area contributed by atoms with E-state index in [1.54, 1.807) is 31.9 Å². The molecule has 0 fully saturated rings. The van der Waals surface area contributed by atoms with E-state index in [1.165, 1.54) is 26.3 Å². The lowest BCUT2D eigenvalue weighted by molar-refractivity contribution is 0.229. The molecule has 1 heterocycles. The number of rotatable bonds is 7. The van der Waals surface area contributed by atoms with E-state index in [2.05, 4.69) is 15.3 Å². The zero-order valence-electron chi connectivity index (χ0n) is 14.8. The van der Waals surface area contributed by atoms with Gasteiger partial charge in [0.15, 0.2) is 0 Å². The summed E-state index contributed by atoms with van der Waals surface area (Å²) in [6, 6.07) is 0. The monoisotopic (exact) mass is 364 g/mol. The molecule has 0 radical (unpaired) electrons. The summed E-state index contributed by atoms with van der Waals surface area (Å²) in [6.45, 7) is 6.63. The summed E-state index contributed by atoms with van der Waals surface area (Å²) in [4.78, 5) is 18.8. The van der Waals surface area contributed by atoms with Gasteiger partial charge in [0, 0.05) is 30.2 Å². The predicted molar refractivity (Wildman–Crippen MR) is 102 cm³/mol.